The molecular formula is C21H23FN2O3. The summed E-state index contributed by atoms with van der Waals surface area (Å²) in [6, 6.07) is 11.3. The van der Waals surface area contributed by atoms with Gasteiger partial charge in [-0.2, -0.15) is 0 Å². The Hall–Kier alpha value is -2.89. The summed E-state index contributed by atoms with van der Waals surface area (Å²) in [6.45, 7) is 5.77. The summed E-state index contributed by atoms with van der Waals surface area (Å²) in [5.74, 6) is 0.109. The van der Waals surface area contributed by atoms with Gasteiger partial charge >= 0.3 is 0 Å². The first-order chi connectivity index (χ1) is 13.0. The van der Waals surface area contributed by atoms with Crippen molar-refractivity contribution in [3.8, 4) is 5.75 Å². The van der Waals surface area contributed by atoms with E-state index in [4.69, 9.17) is 4.74 Å². The number of halogens is 1. The number of ether oxygens (including phenoxy) is 1. The number of rotatable bonds is 4. The quantitative estimate of drug-likeness (QED) is 0.832. The van der Waals surface area contributed by atoms with Gasteiger partial charge in [-0.25, -0.2) is 4.39 Å². The highest BCUT2D eigenvalue weighted by Gasteiger charge is 2.25. The molecule has 1 fully saturated rings. The smallest absolute Gasteiger partial charge is 0.260 e. The van der Waals surface area contributed by atoms with Crippen LogP contribution < -0.4 is 4.74 Å². The second-order valence-electron chi connectivity index (χ2n) is 6.67. The molecule has 0 radical (unpaired) electrons. The predicted octanol–water partition coefficient (Wildman–Crippen LogP) is 2.81. The van der Waals surface area contributed by atoms with Crippen molar-refractivity contribution in [1.29, 1.82) is 0 Å². The van der Waals surface area contributed by atoms with Crippen molar-refractivity contribution in [3.63, 3.8) is 0 Å². The molecular weight excluding hydrogens is 347 g/mol. The molecule has 2 aromatic rings. The molecule has 27 heavy (non-hydrogen) atoms. The van der Waals surface area contributed by atoms with Gasteiger partial charge < -0.3 is 14.5 Å². The highest BCUT2D eigenvalue weighted by atomic mass is 19.1. The maximum Gasteiger partial charge on any atom is 0.260 e. The van der Waals surface area contributed by atoms with Crippen LogP contribution in [0.2, 0.25) is 0 Å². The molecule has 0 atom stereocenters. The third-order valence-electron chi connectivity index (χ3n) is 4.92. The molecule has 3 rings (SSSR count). The first-order valence-corrected chi connectivity index (χ1v) is 8.97. The molecule has 0 spiro atoms. The standard InChI is InChI=1S/C21H23FN2O3/c1-15-4-3-5-19(16(15)2)27-14-20(25)23-10-12-24(13-11-23)21(26)17-6-8-18(22)9-7-17/h3-9H,10-14H2,1-2H3. The van der Waals surface area contributed by atoms with Gasteiger partial charge in [-0.15, -0.1) is 0 Å². The van der Waals surface area contributed by atoms with Crippen LogP contribution in [-0.2, 0) is 4.79 Å². The highest BCUT2D eigenvalue weighted by molar-refractivity contribution is 5.94. The molecule has 0 unspecified atom stereocenters. The SMILES string of the molecule is Cc1cccc(OCC(=O)N2CCN(C(=O)c3ccc(F)cc3)CC2)c1C. The summed E-state index contributed by atoms with van der Waals surface area (Å²) in [7, 11) is 0. The third kappa shape index (κ3) is 4.45. The molecule has 1 saturated heterocycles. The van der Waals surface area contributed by atoms with E-state index in [2.05, 4.69) is 0 Å². The van der Waals surface area contributed by atoms with E-state index in [1.54, 1.807) is 9.80 Å². The topological polar surface area (TPSA) is 49.9 Å². The molecule has 1 aliphatic heterocycles. The Morgan fingerprint density at radius 2 is 1.59 bits per heavy atom. The first kappa shape index (κ1) is 18.9. The molecule has 0 N–H and O–H groups in total. The van der Waals surface area contributed by atoms with E-state index in [0.29, 0.717) is 37.5 Å². The van der Waals surface area contributed by atoms with Crippen LogP contribution in [-0.4, -0.2) is 54.4 Å². The summed E-state index contributed by atoms with van der Waals surface area (Å²) in [5.41, 5.74) is 2.60. The van der Waals surface area contributed by atoms with Crippen LogP contribution in [0.3, 0.4) is 0 Å². The average molecular weight is 370 g/mol. The number of carbonyl (C=O) groups is 2. The number of amides is 2. The second kappa shape index (κ2) is 8.20. The molecule has 0 aromatic heterocycles. The monoisotopic (exact) mass is 370 g/mol. The Morgan fingerprint density at radius 3 is 2.26 bits per heavy atom. The average Bonchev–Trinajstić information content (AvgIpc) is 2.69. The van der Waals surface area contributed by atoms with Crippen molar-refractivity contribution in [3.05, 3.63) is 65.0 Å². The number of nitrogens with zero attached hydrogens (tertiary/aromatic N) is 2. The lowest BCUT2D eigenvalue weighted by Gasteiger charge is -2.34. The van der Waals surface area contributed by atoms with Gasteiger partial charge in [0.15, 0.2) is 6.61 Å². The molecule has 0 aliphatic carbocycles. The van der Waals surface area contributed by atoms with E-state index >= 15 is 0 Å². The number of hydrogen-bond donors (Lipinski definition) is 0. The van der Waals surface area contributed by atoms with E-state index in [-0.39, 0.29) is 24.2 Å². The van der Waals surface area contributed by atoms with Crippen LogP contribution >= 0.6 is 0 Å². The van der Waals surface area contributed by atoms with Crippen molar-refractivity contribution in [2.75, 3.05) is 32.8 Å². The molecule has 0 saturated carbocycles. The van der Waals surface area contributed by atoms with E-state index < -0.39 is 0 Å². The molecule has 6 heteroatoms. The molecule has 5 nitrogen and oxygen atoms in total. The molecule has 0 bridgehead atoms. The van der Waals surface area contributed by atoms with Gasteiger partial charge in [-0.05, 0) is 55.3 Å². The third-order valence-corrected chi connectivity index (χ3v) is 4.92. The molecule has 1 aliphatic rings. The Balaban J connectivity index is 1.51. The number of aryl methyl sites for hydroxylation is 1. The fraction of sp³-hybridized carbons (Fsp3) is 0.333. The Labute approximate surface area is 158 Å². The fourth-order valence-electron chi connectivity index (χ4n) is 3.05. The first-order valence-electron chi connectivity index (χ1n) is 8.97. The van der Waals surface area contributed by atoms with E-state index in [1.165, 1.54) is 24.3 Å². The van der Waals surface area contributed by atoms with Crippen LogP contribution in [0.4, 0.5) is 4.39 Å². The molecule has 1 heterocycles. The van der Waals surface area contributed by atoms with Gasteiger partial charge in [0.25, 0.3) is 11.8 Å². The van der Waals surface area contributed by atoms with E-state index in [9.17, 15) is 14.0 Å². The lowest BCUT2D eigenvalue weighted by Crippen LogP contribution is -2.51. The minimum Gasteiger partial charge on any atom is -0.483 e. The zero-order chi connectivity index (χ0) is 19.4. The largest absolute Gasteiger partial charge is 0.483 e. The highest BCUT2D eigenvalue weighted by Crippen LogP contribution is 2.20. The van der Waals surface area contributed by atoms with Crippen molar-refractivity contribution in [1.82, 2.24) is 9.80 Å². The van der Waals surface area contributed by atoms with Gasteiger partial charge in [0.05, 0.1) is 0 Å². The predicted molar refractivity (Wildman–Crippen MR) is 100 cm³/mol. The maximum atomic E-state index is 13.0. The Bertz CT molecular complexity index is 828. The maximum absolute atomic E-state index is 13.0. The van der Waals surface area contributed by atoms with E-state index in [1.807, 2.05) is 32.0 Å². The zero-order valence-electron chi connectivity index (χ0n) is 15.6. The van der Waals surface area contributed by atoms with Crippen LogP contribution in [0.25, 0.3) is 0 Å². The normalized spacial score (nSPS) is 14.2. The van der Waals surface area contributed by atoms with Gasteiger partial charge in [-0.3, -0.25) is 9.59 Å². The Morgan fingerprint density at radius 1 is 0.963 bits per heavy atom. The van der Waals surface area contributed by atoms with Gasteiger partial charge in [-0.1, -0.05) is 12.1 Å². The zero-order valence-corrected chi connectivity index (χ0v) is 15.6. The van der Waals surface area contributed by atoms with Gasteiger partial charge in [0, 0.05) is 31.7 Å². The summed E-state index contributed by atoms with van der Waals surface area (Å²) < 4.78 is 18.7. The lowest BCUT2D eigenvalue weighted by molar-refractivity contribution is -0.134. The minimum absolute atomic E-state index is 0.0177. The number of hydrogen-bond acceptors (Lipinski definition) is 3. The summed E-state index contributed by atoms with van der Waals surface area (Å²) >= 11 is 0. The van der Waals surface area contributed by atoms with Crippen LogP contribution in [0.5, 0.6) is 5.75 Å². The number of benzene rings is 2. The van der Waals surface area contributed by atoms with Crippen molar-refractivity contribution in [2.45, 2.75) is 13.8 Å². The molecule has 2 aromatic carbocycles. The van der Waals surface area contributed by atoms with Crippen molar-refractivity contribution in [2.24, 2.45) is 0 Å². The van der Waals surface area contributed by atoms with Crippen LogP contribution in [0.15, 0.2) is 42.5 Å². The number of carbonyl (C=O) groups excluding carboxylic acids is 2. The summed E-state index contributed by atoms with van der Waals surface area (Å²) in [5, 5.41) is 0. The van der Waals surface area contributed by atoms with Crippen molar-refractivity contribution < 1.29 is 18.7 Å². The lowest BCUT2D eigenvalue weighted by atomic mass is 10.1. The summed E-state index contributed by atoms with van der Waals surface area (Å²) in [4.78, 5) is 28.2. The fourth-order valence-corrected chi connectivity index (χ4v) is 3.05. The van der Waals surface area contributed by atoms with E-state index in [0.717, 1.165) is 11.1 Å². The molecule has 142 valence electrons. The van der Waals surface area contributed by atoms with Crippen LogP contribution in [0, 0.1) is 19.7 Å². The van der Waals surface area contributed by atoms with Gasteiger partial charge in [0.1, 0.15) is 11.6 Å². The summed E-state index contributed by atoms with van der Waals surface area (Å²) in [6.07, 6.45) is 0. The minimum atomic E-state index is -0.370. The van der Waals surface area contributed by atoms with Crippen LogP contribution in [0.1, 0.15) is 21.5 Å². The molecule has 2 amide bonds. The number of piperazine rings is 1. The van der Waals surface area contributed by atoms with Gasteiger partial charge in [0.2, 0.25) is 0 Å². The van der Waals surface area contributed by atoms with Crippen molar-refractivity contribution >= 4 is 11.8 Å². The Kier molecular flexibility index (Phi) is 5.74. The second-order valence-corrected chi connectivity index (χ2v) is 6.67.